The predicted octanol–water partition coefficient (Wildman–Crippen LogP) is 4.06. The maximum atomic E-state index is 12.8. The number of aryl methyl sites for hydroxylation is 2. The van der Waals surface area contributed by atoms with Gasteiger partial charge >= 0.3 is 0 Å². The first kappa shape index (κ1) is 19.4. The average Bonchev–Trinajstić information content (AvgIpc) is 2.61. The highest BCUT2D eigenvalue weighted by molar-refractivity contribution is 7.92. The molecule has 1 amide bonds. The number of aromatic hydroxyl groups is 1. The Bertz CT molecular complexity index is 1140. The zero-order valence-electron chi connectivity index (χ0n) is 15.4. The number of hydrogen-bond acceptors (Lipinski definition) is 4. The molecule has 0 radical (unpaired) electrons. The lowest BCUT2D eigenvalue weighted by atomic mass is 10.1. The molecule has 3 aromatic rings. The lowest BCUT2D eigenvalue weighted by Gasteiger charge is -2.13. The number of rotatable bonds is 5. The van der Waals surface area contributed by atoms with Crippen molar-refractivity contribution in [2.24, 2.45) is 0 Å². The number of anilines is 2. The second kappa shape index (κ2) is 7.74. The lowest BCUT2D eigenvalue weighted by Crippen LogP contribution is -2.17. The third kappa shape index (κ3) is 4.50. The number of benzene rings is 3. The number of hydrogen-bond donors (Lipinski definition) is 3. The van der Waals surface area contributed by atoms with E-state index in [1.807, 2.05) is 13.0 Å². The van der Waals surface area contributed by atoms with Gasteiger partial charge in [0.05, 0.1) is 4.90 Å². The van der Waals surface area contributed by atoms with Gasteiger partial charge in [-0.15, -0.1) is 0 Å². The summed E-state index contributed by atoms with van der Waals surface area (Å²) in [5, 5.41) is 12.1. The van der Waals surface area contributed by atoms with Gasteiger partial charge in [-0.05, 0) is 61.4 Å². The van der Waals surface area contributed by atoms with Crippen LogP contribution in [-0.2, 0) is 10.0 Å². The van der Waals surface area contributed by atoms with Crippen LogP contribution in [0.2, 0.25) is 0 Å². The second-order valence-corrected chi connectivity index (χ2v) is 8.11. The van der Waals surface area contributed by atoms with Gasteiger partial charge in [-0.3, -0.25) is 9.52 Å². The molecule has 7 heteroatoms. The van der Waals surface area contributed by atoms with Gasteiger partial charge in [0, 0.05) is 23.0 Å². The zero-order valence-corrected chi connectivity index (χ0v) is 16.2. The first-order valence-electron chi connectivity index (χ1n) is 8.55. The van der Waals surface area contributed by atoms with E-state index in [9.17, 15) is 18.3 Å². The Kier molecular flexibility index (Phi) is 5.37. The molecule has 3 aromatic carbocycles. The molecular weight excluding hydrogens is 376 g/mol. The van der Waals surface area contributed by atoms with Crippen LogP contribution >= 0.6 is 0 Å². The van der Waals surface area contributed by atoms with Crippen LogP contribution in [0.15, 0.2) is 71.6 Å². The Morgan fingerprint density at radius 2 is 1.61 bits per heavy atom. The van der Waals surface area contributed by atoms with Gasteiger partial charge in [-0.25, -0.2) is 8.42 Å². The van der Waals surface area contributed by atoms with Gasteiger partial charge < -0.3 is 10.4 Å². The first-order chi connectivity index (χ1) is 13.2. The van der Waals surface area contributed by atoms with Crippen LogP contribution in [-0.4, -0.2) is 19.4 Å². The van der Waals surface area contributed by atoms with Crippen molar-refractivity contribution < 1.29 is 18.3 Å². The van der Waals surface area contributed by atoms with Gasteiger partial charge in [-0.2, -0.15) is 0 Å². The van der Waals surface area contributed by atoms with E-state index in [4.69, 9.17) is 0 Å². The summed E-state index contributed by atoms with van der Waals surface area (Å²) in [4.78, 5) is 12.5. The maximum absolute atomic E-state index is 12.8. The minimum absolute atomic E-state index is 0.0207. The Balaban J connectivity index is 1.89. The van der Waals surface area contributed by atoms with Crippen LogP contribution in [0.4, 0.5) is 11.4 Å². The quantitative estimate of drug-likeness (QED) is 0.606. The molecule has 0 unspecified atom stereocenters. The van der Waals surface area contributed by atoms with E-state index in [1.54, 1.807) is 49.4 Å². The van der Waals surface area contributed by atoms with Crippen LogP contribution in [0.25, 0.3) is 0 Å². The van der Waals surface area contributed by atoms with E-state index in [0.717, 1.165) is 5.56 Å². The fourth-order valence-corrected chi connectivity index (χ4v) is 4.06. The largest absolute Gasteiger partial charge is 0.508 e. The van der Waals surface area contributed by atoms with Crippen molar-refractivity contribution in [3.63, 3.8) is 0 Å². The molecule has 0 bridgehead atoms. The number of nitrogens with one attached hydrogen (secondary N) is 2. The predicted molar refractivity (Wildman–Crippen MR) is 109 cm³/mol. The summed E-state index contributed by atoms with van der Waals surface area (Å²) < 4.78 is 28.2. The van der Waals surface area contributed by atoms with Crippen LogP contribution < -0.4 is 10.0 Å². The number of phenols is 1. The molecule has 0 aliphatic rings. The summed E-state index contributed by atoms with van der Waals surface area (Å²) in [6, 6.07) is 17.6. The van der Waals surface area contributed by atoms with Gasteiger partial charge in [0.2, 0.25) is 0 Å². The van der Waals surface area contributed by atoms with Crippen LogP contribution in [0.3, 0.4) is 0 Å². The van der Waals surface area contributed by atoms with Crippen molar-refractivity contribution in [2.45, 2.75) is 18.7 Å². The fourth-order valence-electron chi connectivity index (χ4n) is 2.74. The highest BCUT2D eigenvalue weighted by Crippen LogP contribution is 2.22. The molecule has 0 fully saturated rings. The number of carbonyl (C=O) groups excluding carboxylic acids is 1. The summed E-state index contributed by atoms with van der Waals surface area (Å²) in [5.41, 5.74) is 2.51. The molecule has 0 saturated carbocycles. The van der Waals surface area contributed by atoms with E-state index in [0.29, 0.717) is 16.9 Å². The van der Waals surface area contributed by atoms with E-state index in [1.165, 1.54) is 18.2 Å². The highest BCUT2D eigenvalue weighted by Gasteiger charge is 2.19. The van der Waals surface area contributed by atoms with Gasteiger partial charge in [0.1, 0.15) is 5.75 Å². The lowest BCUT2D eigenvalue weighted by molar-refractivity contribution is 0.102. The number of phenolic OH excluding ortho intramolecular Hbond substituents is 1. The standard InChI is InChI=1S/C21H20N2O4S/c1-14-5-3-7-18(11-14)23-28(26,27)20-12-16(10-9-15(20)2)21(25)22-17-6-4-8-19(24)13-17/h3-13,23-24H,1-2H3,(H,22,25). The van der Waals surface area contributed by atoms with Gasteiger partial charge in [0.25, 0.3) is 15.9 Å². The molecule has 144 valence electrons. The van der Waals surface area contributed by atoms with Crippen molar-refractivity contribution in [2.75, 3.05) is 10.0 Å². The van der Waals surface area contributed by atoms with Gasteiger partial charge in [0.15, 0.2) is 0 Å². The Morgan fingerprint density at radius 3 is 2.32 bits per heavy atom. The number of sulfonamides is 1. The third-order valence-corrected chi connectivity index (χ3v) is 5.64. The van der Waals surface area contributed by atoms with Crippen molar-refractivity contribution in [1.82, 2.24) is 0 Å². The molecule has 0 atom stereocenters. The average molecular weight is 396 g/mol. The highest BCUT2D eigenvalue weighted by atomic mass is 32.2. The second-order valence-electron chi connectivity index (χ2n) is 6.46. The molecule has 0 saturated heterocycles. The summed E-state index contributed by atoms with van der Waals surface area (Å²) in [6.07, 6.45) is 0. The molecule has 0 aliphatic carbocycles. The summed E-state index contributed by atoms with van der Waals surface area (Å²) in [6.45, 7) is 3.54. The third-order valence-electron chi connectivity index (χ3n) is 4.11. The van der Waals surface area contributed by atoms with Crippen molar-refractivity contribution in [3.8, 4) is 5.75 Å². The normalized spacial score (nSPS) is 11.1. The molecule has 28 heavy (non-hydrogen) atoms. The summed E-state index contributed by atoms with van der Waals surface area (Å²) in [5.74, 6) is -0.454. The fraction of sp³-hybridized carbons (Fsp3) is 0.0952. The van der Waals surface area contributed by atoms with Gasteiger partial charge in [-0.1, -0.05) is 24.3 Å². The first-order valence-corrected chi connectivity index (χ1v) is 10.0. The molecule has 0 aliphatic heterocycles. The Morgan fingerprint density at radius 1 is 0.893 bits per heavy atom. The molecule has 3 rings (SSSR count). The molecule has 0 aromatic heterocycles. The monoisotopic (exact) mass is 396 g/mol. The SMILES string of the molecule is Cc1cccc(NS(=O)(=O)c2cc(C(=O)Nc3cccc(O)c3)ccc2C)c1. The smallest absolute Gasteiger partial charge is 0.262 e. The minimum atomic E-state index is -3.87. The molecule has 0 heterocycles. The number of carbonyl (C=O) groups is 1. The van der Waals surface area contributed by atoms with Crippen LogP contribution in [0.5, 0.6) is 5.75 Å². The van der Waals surface area contributed by atoms with E-state index >= 15 is 0 Å². The van der Waals surface area contributed by atoms with Crippen molar-refractivity contribution in [1.29, 1.82) is 0 Å². The summed E-state index contributed by atoms with van der Waals surface area (Å²) in [7, 11) is -3.87. The van der Waals surface area contributed by atoms with Crippen molar-refractivity contribution >= 4 is 27.3 Å². The molecular formula is C21H20N2O4S. The number of amides is 1. The molecule has 0 spiro atoms. The van der Waals surface area contributed by atoms with Crippen LogP contribution in [0.1, 0.15) is 21.5 Å². The summed E-state index contributed by atoms with van der Waals surface area (Å²) >= 11 is 0. The molecule has 3 N–H and O–H groups in total. The Labute approximate surface area is 163 Å². The Hall–Kier alpha value is -3.32. The minimum Gasteiger partial charge on any atom is -0.508 e. The topological polar surface area (TPSA) is 95.5 Å². The van der Waals surface area contributed by atoms with E-state index in [2.05, 4.69) is 10.0 Å². The molecule has 6 nitrogen and oxygen atoms in total. The van der Waals surface area contributed by atoms with Crippen molar-refractivity contribution in [3.05, 3.63) is 83.4 Å². The zero-order chi connectivity index (χ0) is 20.3. The van der Waals surface area contributed by atoms with Crippen LogP contribution in [0, 0.1) is 13.8 Å². The van der Waals surface area contributed by atoms with E-state index < -0.39 is 15.9 Å². The van der Waals surface area contributed by atoms with E-state index in [-0.39, 0.29) is 16.2 Å². The maximum Gasteiger partial charge on any atom is 0.262 e.